The van der Waals surface area contributed by atoms with Gasteiger partial charge >= 0.3 is 0 Å². The van der Waals surface area contributed by atoms with Gasteiger partial charge in [-0.25, -0.2) is 0 Å². The highest BCUT2D eigenvalue weighted by Gasteiger charge is 2.21. The molecular weight excluding hydrogens is 212 g/mol. The fourth-order valence-electron chi connectivity index (χ4n) is 1.40. The first-order valence-electron chi connectivity index (χ1n) is 4.90. The van der Waals surface area contributed by atoms with Crippen molar-refractivity contribution in [2.24, 2.45) is 0 Å². The summed E-state index contributed by atoms with van der Waals surface area (Å²) in [6, 6.07) is 4.32. The molecule has 1 aromatic carbocycles. The quantitative estimate of drug-likeness (QED) is 0.609. The molecule has 1 aliphatic heterocycles. The van der Waals surface area contributed by atoms with Crippen molar-refractivity contribution < 1.29 is 14.4 Å². The number of nitro benzene ring substituents is 1. The van der Waals surface area contributed by atoms with Crippen molar-refractivity contribution in [2.45, 2.75) is 6.10 Å². The maximum Gasteiger partial charge on any atom is 0.273 e. The van der Waals surface area contributed by atoms with Gasteiger partial charge in [-0.05, 0) is 6.07 Å². The number of hydrogen-bond acceptors (Lipinski definition) is 5. The third kappa shape index (κ3) is 2.06. The first-order chi connectivity index (χ1) is 7.70. The number of methoxy groups -OCH3 is 1. The van der Waals surface area contributed by atoms with E-state index in [1.165, 1.54) is 19.2 Å². The van der Waals surface area contributed by atoms with Crippen LogP contribution in [-0.4, -0.2) is 31.2 Å². The predicted molar refractivity (Wildman–Crippen MR) is 56.9 cm³/mol. The number of nitrogens with zero attached hydrogens (tertiary/aromatic N) is 1. The van der Waals surface area contributed by atoms with Crippen LogP contribution in [0.15, 0.2) is 18.2 Å². The van der Waals surface area contributed by atoms with Gasteiger partial charge in [0.2, 0.25) is 0 Å². The third-order valence-electron chi connectivity index (χ3n) is 2.40. The Bertz CT molecular complexity index is 404. The van der Waals surface area contributed by atoms with Gasteiger partial charge in [0.1, 0.15) is 6.10 Å². The van der Waals surface area contributed by atoms with E-state index in [4.69, 9.17) is 9.47 Å². The lowest BCUT2D eigenvalue weighted by Crippen LogP contribution is -2.50. The number of hydrogen-bond donors (Lipinski definition) is 1. The minimum Gasteiger partial charge on any atom is -0.493 e. The lowest BCUT2D eigenvalue weighted by molar-refractivity contribution is -0.385. The molecule has 6 heteroatoms. The summed E-state index contributed by atoms with van der Waals surface area (Å²) in [6.45, 7) is 1.51. The number of rotatable bonds is 4. The lowest BCUT2D eigenvalue weighted by Gasteiger charge is -2.28. The summed E-state index contributed by atoms with van der Waals surface area (Å²) in [5, 5.41) is 13.7. The predicted octanol–water partition coefficient (Wildman–Crippen LogP) is 0.954. The summed E-state index contributed by atoms with van der Waals surface area (Å²) >= 11 is 0. The van der Waals surface area contributed by atoms with Crippen LogP contribution in [0, 0.1) is 10.1 Å². The van der Waals surface area contributed by atoms with E-state index >= 15 is 0 Å². The van der Waals surface area contributed by atoms with Crippen LogP contribution in [0.2, 0.25) is 0 Å². The number of nitro groups is 1. The zero-order valence-electron chi connectivity index (χ0n) is 8.80. The standard InChI is InChI=1S/C10H12N2O4/c1-15-9-3-2-7(12(13)14)4-10(9)16-8-5-11-6-8/h2-4,8,11H,5-6H2,1H3. The number of nitrogens with one attached hydrogen (secondary N) is 1. The second-order valence-electron chi connectivity index (χ2n) is 3.49. The Kier molecular flexibility index (Phi) is 2.91. The van der Waals surface area contributed by atoms with E-state index in [9.17, 15) is 10.1 Å². The average molecular weight is 224 g/mol. The molecule has 2 rings (SSSR count). The van der Waals surface area contributed by atoms with Crippen LogP contribution in [0.1, 0.15) is 0 Å². The molecule has 1 heterocycles. The normalized spacial score (nSPS) is 15.3. The van der Waals surface area contributed by atoms with Gasteiger partial charge in [-0.1, -0.05) is 0 Å². The molecule has 0 saturated carbocycles. The molecule has 0 spiro atoms. The zero-order chi connectivity index (χ0) is 11.5. The molecule has 6 nitrogen and oxygen atoms in total. The van der Waals surface area contributed by atoms with Crippen LogP contribution in [0.3, 0.4) is 0 Å². The monoisotopic (exact) mass is 224 g/mol. The molecule has 0 atom stereocenters. The third-order valence-corrected chi connectivity index (χ3v) is 2.40. The first kappa shape index (κ1) is 10.7. The van der Waals surface area contributed by atoms with E-state index in [1.54, 1.807) is 6.07 Å². The molecule has 0 amide bonds. The number of non-ortho nitro benzene ring substituents is 1. The molecule has 0 unspecified atom stereocenters. The fourth-order valence-corrected chi connectivity index (χ4v) is 1.40. The maximum absolute atomic E-state index is 10.6. The summed E-state index contributed by atoms with van der Waals surface area (Å²) in [4.78, 5) is 10.2. The first-order valence-corrected chi connectivity index (χ1v) is 4.90. The van der Waals surface area contributed by atoms with Gasteiger partial charge in [-0.15, -0.1) is 0 Å². The van der Waals surface area contributed by atoms with Crippen molar-refractivity contribution in [1.82, 2.24) is 5.32 Å². The summed E-state index contributed by atoms with van der Waals surface area (Å²) in [6.07, 6.45) is 0.0657. The van der Waals surface area contributed by atoms with Crippen molar-refractivity contribution in [3.8, 4) is 11.5 Å². The second-order valence-corrected chi connectivity index (χ2v) is 3.49. The topological polar surface area (TPSA) is 73.6 Å². The van der Waals surface area contributed by atoms with E-state index in [1.807, 2.05) is 0 Å². The number of benzene rings is 1. The second kappa shape index (κ2) is 4.36. The highest BCUT2D eigenvalue weighted by Crippen LogP contribution is 2.32. The van der Waals surface area contributed by atoms with Gasteiger partial charge in [0.05, 0.1) is 18.1 Å². The van der Waals surface area contributed by atoms with Crippen molar-refractivity contribution >= 4 is 5.69 Å². The zero-order valence-corrected chi connectivity index (χ0v) is 8.80. The van der Waals surface area contributed by atoms with E-state index in [0.717, 1.165) is 13.1 Å². The molecule has 1 fully saturated rings. The lowest BCUT2D eigenvalue weighted by atomic mass is 10.2. The highest BCUT2D eigenvalue weighted by atomic mass is 16.6. The molecule has 86 valence electrons. The van der Waals surface area contributed by atoms with E-state index < -0.39 is 4.92 Å². The smallest absolute Gasteiger partial charge is 0.273 e. The van der Waals surface area contributed by atoms with Crippen LogP contribution in [-0.2, 0) is 0 Å². The molecule has 16 heavy (non-hydrogen) atoms. The van der Waals surface area contributed by atoms with Crippen LogP contribution in [0.4, 0.5) is 5.69 Å². The Morgan fingerprint density at radius 2 is 2.19 bits per heavy atom. The molecule has 1 aliphatic rings. The largest absolute Gasteiger partial charge is 0.493 e. The van der Waals surface area contributed by atoms with Crippen LogP contribution in [0.25, 0.3) is 0 Å². The molecular formula is C10H12N2O4. The van der Waals surface area contributed by atoms with Gasteiger partial charge < -0.3 is 14.8 Å². The summed E-state index contributed by atoms with van der Waals surface area (Å²) in [5.41, 5.74) is 0.00285. The molecule has 1 aromatic rings. The molecule has 0 aliphatic carbocycles. The highest BCUT2D eigenvalue weighted by molar-refractivity contribution is 5.48. The van der Waals surface area contributed by atoms with Crippen molar-refractivity contribution in [1.29, 1.82) is 0 Å². The Labute approximate surface area is 92.3 Å². The van der Waals surface area contributed by atoms with Gasteiger partial charge in [0.15, 0.2) is 11.5 Å². The van der Waals surface area contributed by atoms with Crippen LogP contribution >= 0.6 is 0 Å². The average Bonchev–Trinajstić information content (AvgIpc) is 2.23. The van der Waals surface area contributed by atoms with Crippen molar-refractivity contribution in [2.75, 3.05) is 20.2 Å². The summed E-state index contributed by atoms with van der Waals surface area (Å²) in [7, 11) is 1.51. The van der Waals surface area contributed by atoms with E-state index in [0.29, 0.717) is 11.5 Å². The summed E-state index contributed by atoms with van der Waals surface area (Å²) < 4.78 is 10.7. The maximum atomic E-state index is 10.6. The van der Waals surface area contributed by atoms with Gasteiger partial charge in [-0.3, -0.25) is 10.1 Å². The Hall–Kier alpha value is -1.82. The number of ether oxygens (including phenoxy) is 2. The molecule has 0 aromatic heterocycles. The van der Waals surface area contributed by atoms with E-state index in [2.05, 4.69) is 5.32 Å². The van der Waals surface area contributed by atoms with Crippen LogP contribution in [0.5, 0.6) is 11.5 Å². The molecule has 0 bridgehead atoms. The van der Waals surface area contributed by atoms with Crippen molar-refractivity contribution in [3.05, 3.63) is 28.3 Å². The Morgan fingerprint density at radius 3 is 2.69 bits per heavy atom. The van der Waals surface area contributed by atoms with Crippen molar-refractivity contribution in [3.63, 3.8) is 0 Å². The van der Waals surface area contributed by atoms with E-state index in [-0.39, 0.29) is 11.8 Å². The fraction of sp³-hybridized carbons (Fsp3) is 0.400. The van der Waals surface area contributed by atoms with Crippen LogP contribution < -0.4 is 14.8 Å². The Balaban J connectivity index is 2.23. The minimum absolute atomic E-state index is 0.00285. The molecule has 1 saturated heterocycles. The molecule has 1 N–H and O–H groups in total. The Morgan fingerprint density at radius 1 is 1.44 bits per heavy atom. The van der Waals surface area contributed by atoms with Gasteiger partial charge in [-0.2, -0.15) is 0 Å². The van der Waals surface area contributed by atoms with Gasteiger partial charge in [0.25, 0.3) is 5.69 Å². The SMILES string of the molecule is COc1ccc([N+](=O)[O-])cc1OC1CNC1. The van der Waals surface area contributed by atoms with Gasteiger partial charge in [0, 0.05) is 19.2 Å². The summed E-state index contributed by atoms with van der Waals surface area (Å²) in [5.74, 6) is 0.931. The molecule has 0 radical (unpaired) electrons. The minimum atomic E-state index is -0.453.